The molecule has 4 aromatic rings. The Bertz CT molecular complexity index is 2650. The van der Waals surface area contributed by atoms with E-state index in [0.717, 1.165) is 31.8 Å². The minimum atomic E-state index is -1.46. The number of hydrogen-bond acceptors (Lipinski definition) is 13. The van der Waals surface area contributed by atoms with Gasteiger partial charge in [-0.15, -0.1) is 27.8 Å². The van der Waals surface area contributed by atoms with Gasteiger partial charge in [-0.2, -0.15) is 0 Å². The Morgan fingerprint density at radius 3 is 2.43 bits per heavy atom. The lowest BCUT2D eigenvalue weighted by atomic mass is 9.84. The predicted molar refractivity (Wildman–Crippen MR) is 261 cm³/mol. The van der Waals surface area contributed by atoms with E-state index in [0.29, 0.717) is 25.0 Å². The number of nitrogens with two attached hydrogens (primary N) is 3. The number of fused-ring (bicyclic) bond motifs is 2. The molecule has 1 aliphatic carbocycles. The SMILES string of the molecule is CC[C@H](C)[C@@H]1CC(=O)[C@H](CC(N)=O)NC(=O)[C@@H](N)CC(=O)NCCCC[C@@H](C(N)=O)NC(=O)[C@H](Cc2csc3ccccc23)NC(=O)[C@@H]2C[C@H](n3cc(-c4ccc(C5=CC=CC5)s4)nn3)CN2C1=O. The van der Waals surface area contributed by atoms with E-state index >= 15 is 4.79 Å². The molecule has 0 bridgehead atoms. The van der Waals surface area contributed by atoms with E-state index in [9.17, 15) is 33.6 Å². The van der Waals surface area contributed by atoms with Gasteiger partial charge in [0.1, 0.15) is 23.8 Å². The second kappa shape index (κ2) is 22.7. The number of nitrogens with one attached hydrogen (secondary N) is 4. The van der Waals surface area contributed by atoms with Gasteiger partial charge in [0.15, 0.2) is 5.78 Å². The number of benzene rings is 1. The fourth-order valence-corrected chi connectivity index (χ4v) is 10.9. The van der Waals surface area contributed by atoms with E-state index < -0.39 is 114 Å². The van der Waals surface area contributed by atoms with Gasteiger partial charge in [0, 0.05) is 47.8 Å². The molecular formula is C48H59N11O8S2. The van der Waals surface area contributed by atoms with E-state index in [1.807, 2.05) is 54.8 Å². The number of ketones is 1. The van der Waals surface area contributed by atoms with Crippen LogP contribution in [0.3, 0.4) is 0 Å². The molecule has 19 nitrogen and oxygen atoms in total. The van der Waals surface area contributed by atoms with Gasteiger partial charge in [-0.3, -0.25) is 38.4 Å². The van der Waals surface area contributed by atoms with Crippen molar-refractivity contribution in [2.45, 2.75) is 114 Å². The van der Waals surface area contributed by atoms with Gasteiger partial charge in [-0.05, 0) is 71.7 Å². The van der Waals surface area contributed by atoms with Crippen LogP contribution in [0.25, 0.3) is 26.2 Å². The molecule has 1 aromatic carbocycles. The first kappa shape index (κ1) is 50.3. The first-order chi connectivity index (χ1) is 33.1. The maximum absolute atomic E-state index is 15.1. The van der Waals surface area contributed by atoms with E-state index in [-0.39, 0.29) is 32.4 Å². The number of primary amides is 2. The standard InChI is InChI=1S/C48H59N11O8S2/c1-3-26(2)31-20-38(60)34(22-42(50)61)54-45(64)32(49)21-43(62)52-17-9-8-13-33(44(51)63)53-46(65)35(18-28-25-68-40-14-7-6-12-30(28)40)55-47(66)37-19-29(23-58(37)48(31)67)59-24-36(56-57-59)41-16-15-39(69-41)27-10-4-5-11-27/h4-7,10,12,14-16,24-26,29,31-35,37H,3,8-9,11,13,17-23,49H2,1-2H3,(H2,50,61)(H2,51,63)(H,52,62)(H,53,65)(H,54,64)(H,55,66)/t26-,29-,31-,32-,33-,34-,35-,37-/m0/s1. The quantitative estimate of drug-likeness (QED) is 0.121. The summed E-state index contributed by atoms with van der Waals surface area (Å²) in [6, 6.07) is 4.65. The lowest BCUT2D eigenvalue weighted by molar-refractivity contribution is -0.145. The molecule has 7 rings (SSSR count). The van der Waals surface area contributed by atoms with Crippen molar-refractivity contribution in [2.75, 3.05) is 13.1 Å². The van der Waals surface area contributed by atoms with Gasteiger partial charge in [0.2, 0.25) is 41.4 Å². The monoisotopic (exact) mass is 981 g/mol. The number of nitrogens with zero attached hydrogens (tertiary/aromatic N) is 4. The van der Waals surface area contributed by atoms with Crippen LogP contribution in [0.5, 0.6) is 0 Å². The van der Waals surface area contributed by atoms with Gasteiger partial charge in [0.05, 0.1) is 42.0 Å². The number of carbonyl (C=O) groups excluding carboxylic acids is 8. The number of hydrogen-bond donors (Lipinski definition) is 7. The second-order valence-corrected chi connectivity index (χ2v) is 20.0. The molecule has 0 saturated carbocycles. The van der Waals surface area contributed by atoms with Crippen molar-refractivity contribution in [3.05, 3.63) is 76.6 Å². The van der Waals surface area contributed by atoms with Crippen LogP contribution < -0.4 is 38.5 Å². The molecule has 2 aliphatic heterocycles. The molecule has 0 unspecified atom stereocenters. The number of thiophene rings is 2. The Balaban J connectivity index is 1.24. The molecule has 8 atom stereocenters. The Morgan fingerprint density at radius 1 is 0.928 bits per heavy atom. The molecule has 7 amide bonds. The molecule has 3 aromatic heterocycles. The van der Waals surface area contributed by atoms with Gasteiger partial charge < -0.3 is 43.4 Å². The zero-order valence-electron chi connectivity index (χ0n) is 38.6. The molecule has 3 aliphatic rings. The fraction of sp³-hybridized carbons (Fsp3) is 0.458. The van der Waals surface area contributed by atoms with Crippen molar-refractivity contribution in [1.82, 2.24) is 41.2 Å². The van der Waals surface area contributed by atoms with Crippen molar-refractivity contribution in [3.8, 4) is 10.6 Å². The maximum atomic E-state index is 15.1. The number of amides is 7. The van der Waals surface area contributed by atoms with Gasteiger partial charge in [-0.1, -0.05) is 61.9 Å². The molecule has 21 heteroatoms. The summed E-state index contributed by atoms with van der Waals surface area (Å²) >= 11 is 3.05. The molecule has 69 heavy (non-hydrogen) atoms. The Morgan fingerprint density at radius 2 is 1.70 bits per heavy atom. The van der Waals surface area contributed by atoms with Crippen LogP contribution in [-0.4, -0.2) is 110 Å². The van der Waals surface area contributed by atoms with Crippen LogP contribution >= 0.6 is 22.7 Å². The highest BCUT2D eigenvalue weighted by Crippen LogP contribution is 2.36. The zero-order chi connectivity index (χ0) is 49.4. The van der Waals surface area contributed by atoms with Crippen LogP contribution in [0.1, 0.15) is 88.1 Å². The predicted octanol–water partition coefficient (Wildman–Crippen LogP) is 2.40. The highest BCUT2D eigenvalue weighted by Gasteiger charge is 2.45. The highest BCUT2D eigenvalue weighted by molar-refractivity contribution is 7.17. The molecule has 0 spiro atoms. The van der Waals surface area contributed by atoms with Crippen LogP contribution in [-0.2, 0) is 44.8 Å². The van der Waals surface area contributed by atoms with Crippen LogP contribution in [0.15, 0.2) is 66.2 Å². The smallest absolute Gasteiger partial charge is 0.243 e. The summed E-state index contributed by atoms with van der Waals surface area (Å²) in [7, 11) is 0. The maximum Gasteiger partial charge on any atom is 0.243 e. The van der Waals surface area contributed by atoms with Crippen LogP contribution in [0.2, 0.25) is 0 Å². The summed E-state index contributed by atoms with van der Waals surface area (Å²) in [5.74, 6) is -7.16. The van der Waals surface area contributed by atoms with Crippen molar-refractivity contribution < 1.29 is 38.4 Å². The van der Waals surface area contributed by atoms with Gasteiger partial charge >= 0.3 is 0 Å². The lowest BCUT2D eigenvalue weighted by Crippen LogP contribution is -2.57. The largest absolute Gasteiger partial charge is 0.370 e. The zero-order valence-corrected chi connectivity index (χ0v) is 40.2. The minimum absolute atomic E-state index is 0.0246. The summed E-state index contributed by atoms with van der Waals surface area (Å²) < 4.78 is 2.59. The van der Waals surface area contributed by atoms with E-state index in [4.69, 9.17) is 17.2 Å². The molecule has 5 heterocycles. The Labute approximate surface area is 407 Å². The third-order valence-corrected chi connectivity index (χ3v) is 15.3. The minimum Gasteiger partial charge on any atom is -0.370 e. The van der Waals surface area contributed by atoms with Crippen LogP contribution in [0.4, 0.5) is 0 Å². The number of allylic oxidation sites excluding steroid dienone is 4. The summed E-state index contributed by atoms with van der Waals surface area (Å²) in [6.45, 7) is 3.76. The summed E-state index contributed by atoms with van der Waals surface area (Å²) in [6.07, 6.45) is 8.64. The molecular weight excluding hydrogens is 923 g/mol. The normalized spacial score (nSPS) is 25.3. The number of rotatable bonds is 10. The summed E-state index contributed by atoms with van der Waals surface area (Å²) in [5.41, 5.74) is 20.0. The van der Waals surface area contributed by atoms with Crippen molar-refractivity contribution in [1.29, 1.82) is 0 Å². The number of aromatic nitrogens is 3. The van der Waals surface area contributed by atoms with Gasteiger partial charge in [0.25, 0.3) is 0 Å². The van der Waals surface area contributed by atoms with E-state index in [1.54, 1.807) is 29.1 Å². The first-order valence-electron chi connectivity index (χ1n) is 23.3. The van der Waals surface area contributed by atoms with Crippen LogP contribution in [0, 0.1) is 11.8 Å². The first-order valence-corrected chi connectivity index (χ1v) is 25.0. The molecule has 2 fully saturated rings. The topological polar surface area (TPSA) is 297 Å². The van der Waals surface area contributed by atoms with E-state index in [1.165, 1.54) is 21.8 Å². The average molecular weight is 982 g/mol. The van der Waals surface area contributed by atoms with Crippen molar-refractivity contribution in [3.63, 3.8) is 0 Å². The number of Topliss-reactive ketones (excluding diaryl/α,β-unsaturated/α-hetero) is 1. The average Bonchev–Trinajstić information content (AvgIpc) is 4.19. The van der Waals surface area contributed by atoms with Gasteiger partial charge in [-0.25, -0.2) is 4.68 Å². The Kier molecular flexibility index (Phi) is 16.5. The number of carbonyl (C=O) groups is 8. The van der Waals surface area contributed by atoms with Crippen molar-refractivity contribution in [2.24, 2.45) is 29.0 Å². The third-order valence-electron chi connectivity index (χ3n) is 13.1. The molecule has 366 valence electrons. The lowest BCUT2D eigenvalue weighted by Gasteiger charge is -2.32. The summed E-state index contributed by atoms with van der Waals surface area (Å²) in [4.78, 5) is 113. The second-order valence-electron chi connectivity index (χ2n) is 18.0. The molecule has 10 N–H and O–H groups in total. The molecule has 2 saturated heterocycles. The Hall–Kier alpha value is -6.58. The fourth-order valence-electron chi connectivity index (χ4n) is 8.97. The van der Waals surface area contributed by atoms with E-state index in [2.05, 4.69) is 43.7 Å². The summed E-state index contributed by atoms with van der Waals surface area (Å²) in [5, 5.41) is 22.6. The van der Waals surface area contributed by atoms with Crippen molar-refractivity contribution >= 4 is 85.5 Å². The highest BCUT2D eigenvalue weighted by atomic mass is 32.1. The molecule has 0 radical (unpaired) electrons. The third kappa shape index (κ3) is 12.4.